The highest BCUT2D eigenvalue weighted by Gasteiger charge is 2.29. The van der Waals surface area contributed by atoms with E-state index in [0.29, 0.717) is 5.95 Å². The highest BCUT2D eigenvalue weighted by molar-refractivity contribution is 6.03. The lowest BCUT2D eigenvalue weighted by atomic mass is 9.98. The summed E-state index contributed by atoms with van der Waals surface area (Å²) in [7, 11) is 0. The minimum Gasteiger partial charge on any atom is -0.257 e. The molecule has 1 aliphatic heterocycles. The van der Waals surface area contributed by atoms with Gasteiger partial charge in [0.1, 0.15) is 0 Å². The van der Waals surface area contributed by atoms with Crippen LogP contribution in [-0.2, 0) is 0 Å². The second kappa shape index (κ2) is 9.67. The smallest absolute Gasteiger partial charge is 0.243 e. The van der Waals surface area contributed by atoms with Crippen LogP contribution in [0, 0.1) is 13.8 Å². The van der Waals surface area contributed by atoms with E-state index in [1.165, 1.54) is 5.56 Å². The zero-order valence-corrected chi connectivity index (χ0v) is 19.3. The van der Waals surface area contributed by atoms with E-state index < -0.39 is 0 Å². The molecule has 0 bridgehead atoms. The van der Waals surface area contributed by atoms with Crippen molar-refractivity contribution in [2.75, 3.05) is 10.4 Å². The van der Waals surface area contributed by atoms with Gasteiger partial charge in [0.15, 0.2) is 0 Å². The molecule has 2 heterocycles. The molecular weight excluding hydrogens is 420 g/mol. The molecule has 0 radical (unpaired) electrons. The summed E-state index contributed by atoms with van der Waals surface area (Å²) in [5.41, 5.74) is 10.3. The SMILES string of the molecule is Cc1cc(C)nc(N/N=C/c2ccc(N3N=C(c4ccccc4)CC3c3ccccc3)cc2)n1. The van der Waals surface area contributed by atoms with Crippen LogP contribution in [0.2, 0.25) is 0 Å². The van der Waals surface area contributed by atoms with Crippen molar-refractivity contribution in [3.63, 3.8) is 0 Å². The quantitative estimate of drug-likeness (QED) is 0.296. The molecule has 34 heavy (non-hydrogen) atoms. The van der Waals surface area contributed by atoms with Gasteiger partial charge in [0.05, 0.1) is 23.7 Å². The van der Waals surface area contributed by atoms with Crippen LogP contribution in [0.5, 0.6) is 0 Å². The largest absolute Gasteiger partial charge is 0.257 e. The molecule has 0 saturated heterocycles. The molecule has 0 aliphatic carbocycles. The van der Waals surface area contributed by atoms with E-state index in [-0.39, 0.29) is 6.04 Å². The number of rotatable bonds is 6. The summed E-state index contributed by atoms with van der Waals surface area (Å²) in [5.74, 6) is 0.496. The highest BCUT2D eigenvalue weighted by atomic mass is 15.5. The molecule has 1 unspecified atom stereocenters. The van der Waals surface area contributed by atoms with Crippen molar-refractivity contribution in [2.45, 2.75) is 26.3 Å². The monoisotopic (exact) mass is 446 g/mol. The molecule has 6 nitrogen and oxygen atoms in total. The first-order valence-electron chi connectivity index (χ1n) is 11.3. The zero-order chi connectivity index (χ0) is 23.3. The van der Waals surface area contributed by atoms with Gasteiger partial charge in [-0.2, -0.15) is 10.2 Å². The number of aromatic nitrogens is 2. The number of nitrogens with one attached hydrogen (secondary N) is 1. The van der Waals surface area contributed by atoms with Gasteiger partial charge < -0.3 is 0 Å². The number of benzene rings is 3. The van der Waals surface area contributed by atoms with Crippen molar-refractivity contribution in [1.82, 2.24) is 9.97 Å². The molecule has 0 fully saturated rings. The molecule has 0 spiro atoms. The van der Waals surface area contributed by atoms with E-state index in [1.807, 2.05) is 44.2 Å². The van der Waals surface area contributed by atoms with Gasteiger partial charge in [-0.25, -0.2) is 15.4 Å². The Labute approximate surface area is 199 Å². The topological polar surface area (TPSA) is 65.8 Å². The van der Waals surface area contributed by atoms with Crippen molar-refractivity contribution in [2.24, 2.45) is 10.2 Å². The summed E-state index contributed by atoms with van der Waals surface area (Å²) in [6.45, 7) is 3.88. The lowest BCUT2D eigenvalue weighted by molar-refractivity contribution is 0.709. The first-order chi connectivity index (χ1) is 16.7. The Bertz CT molecular complexity index is 1290. The third kappa shape index (κ3) is 4.86. The average Bonchev–Trinajstić information content (AvgIpc) is 3.31. The summed E-state index contributed by atoms with van der Waals surface area (Å²) in [6, 6.07) is 31.3. The minimum absolute atomic E-state index is 0.152. The molecule has 0 saturated carbocycles. The van der Waals surface area contributed by atoms with Crippen LogP contribution in [-0.4, -0.2) is 21.9 Å². The van der Waals surface area contributed by atoms with Crippen molar-refractivity contribution >= 4 is 23.6 Å². The summed E-state index contributed by atoms with van der Waals surface area (Å²) in [4.78, 5) is 8.69. The predicted octanol–water partition coefficient (Wildman–Crippen LogP) is 5.90. The minimum atomic E-state index is 0.152. The highest BCUT2D eigenvalue weighted by Crippen LogP contribution is 2.36. The van der Waals surface area contributed by atoms with E-state index >= 15 is 0 Å². The molecule has 6 heteroatoms. The normalized spacial score (nSPS) is 15.5. The summed E-state index contributed by atoms with van der Waals surface area (Å²) in [6.07, 6.45) is 2.62. The fraction of sp³-hybridized carbons (Fsp3) is 0.143. The maximum absolute atomic E-state index is 5.02. The maximum atomic E-state index is 5.02. The molecule has 1 atom stereocenters. The van der Waals surface area contributed by atoms with Crippen molar-refractivity contribution < 1.29 is 0 Å². The van der Waals surface area contributed by atoms with Gasteiger partial charge in [-0.1, -0.05) is 72.8 Å². The van der Waals surface area contributed by atoms with E-state index in [2.05, 4.69) is 86.2 Å². The van der Waals surface area contributed by atoms with Gasteiger partial charge in [0.25, 0.3) is 0 Å². The number of aryl methyl sites for hydroxylation is 2. The van der Waals surface area contributed by atoms with Crippen LogP contribution in [0.3, 0.4) is 0 Å². The van der Waals surface area contributed by atoms with Gasteiger partial charge in [-0.3, -0.25) is 5.01 Å². The molecule has 4 aromatic rings. The molecule has 1 N–H and O–H groups in total. The Morgan fingerprint density at radius 1 is 0.853 bits per heavy atom. The fourth-order valence-electron chi connectivity index (χ4n) is 4.14. The van der Waals surface area contributed by atoms with Crippen LogP contribution < -0.4 is 10.4 Å². The number of hydrogen-bond acceptors (Lipinski definition) is 6. The lowest BCUT2D eigenvalue weighted by Crippen LogP contribution is -2.18. The van der Waals surface area contributed by atoms with Crippen molar-refractivity contribution in [3.05, 3.63) is 119 Å². The van der Waals surface area contributed by atoms with Gasteiger partial charge in [0.2, 0.25) is 5.95 Å². The number of nitrogens with zero attached hydrogens (tertiary/aromatic N) is 5. The Kier molecular flexibility index (Phi) is 6.12. The second-order valence-corrected chi connectivity index (χ2v) is 8.32. The molecule has 3 aromatic carbocycles. The fourth-order valence-corrected chi connectivity index (χ4v) is 4.14. The molecule has 1 aromatic heterocycles. The molecule has 5 rings (SSSR count). The van der Waals surface area contributed by atoms with Gasteiger partial charge in [-0.05, 0) is 48.7 Å². The number of hydrazone groups is 2. The van der Waals surface area contributed by atoms with Gasteiger partial charge in [-0.15, -0.1) is 0 Å². The first-order valence-corrected chi connectivity index (χ1v) is 11.3. The van der Waals surface area contributed by atoms with E-state index in [9.17, 15) is 0 Å². The molecule has 168 valence electrons. The second-order valence-electron chi connectivity index (χ2n) is 8.32. The number of hydrogen-bond donors (Lipinski definition) is 1. The molecule has 1 aliphatic rings. The molecule has 0 amide bonds. The maximum Gasteiger partial charge on any atom is 0.243 e. The summed E-state index contributed by atoms with van der Waals surface area (Å²) in [5, 5.41) is 11.4. The van der Waals surface area contributed by atoms with Crippen molar-refractivity contribution in [1.29, 1.82) is 0 Å². The van der Waals surface area contributed by atoms with Crippen LogP contribution in [0.4, 0.5) is 11.6 Å². The third-order valence-corrected chi connectivity index (χ3v) is 5.72. The van der Waals surface area contributed by atoms with Gasteiger partial charge >= 0.3 is 0 Å². The zero-order valence-electron chi connectivity index (χ0n) is 19.3. The van der Waals surface area contributed by atoms with Crippen LogP contribution in [0.15, 0.2) is 101 Å². The number of anilines is 2. The third-order valence-electron chi connectivity index (χ3n) is 5.72. The Balaban J connectivity index is 1.36. The molecular formula is C28H26N6. The van der Waals surface area contributed by atoms with E-state index in [1.54, 1.807) is 6.21 Å². The Morgan fingerprint density at radius 2 is 1.50 bits per heavy atom. The van der Waals surface area contributed by atoms with Crippen LogP contribution in [0.1, 0.15) is 40.5 Å². The van der Waals surface area contributed by atoms with Crippen LogP contribution >= 0.6 is 0 Å². The Hall–Kier alpha value is -4.32. The Morgan fingerprint density at radius 3 is 2.18 bits per heavy atom. The van der Waals surface area contributed by atoms with Crippen molar-refractivity contribution in [3.8, 4) is 0 Å². The predicted molar refractivity (Wildman–Crippen MR) is 138 cm³/mol. The summed E-state index contributed by atoms with van der Waals surface area (Å²) < 4.78 is 0. The lowest BCUT2D eigenvalue weighted by Gasteiger charge is -2.24. The van der Waals surface area contributed by atoms with Gasteiger partial charge in [0, 0.05) is 17.8 Å². The average molecular weight is 447 g/mol. The van der Waals surface area contributed by atoms with E-state index in [0.717, 1.165) is 40.3 Å². The first kappa shape index (κ1) is 21.5. The standard InChI is InChI=1S/C28H26N6/c1-20-17-21(2)31-28(30-20)32-29-19-22-13-15-25(16-14-22)34-27(24-11-7-4-8-12-24)18-26(33-34)23-9-5-3-6-10-23/h3-17,19,27H,18H2,1-2H3,(H,30,31,32)/b29-19+. The summed E-state index contributed by atoms with van der Waals surface area (Å²) >= 11 is 0. The van der Waals surface area contributed by atoms with E-state index in [4.69, 9.17) is 5.10 Å². The van der Waals surface area contributed by atoms with Crippen LogP contribution in [0.25, 0.3) is 0 Å².